The molecule has 1 saturated carbocycles. The van der Waals surface area contributed by atoms with Crippen LogP contribution < -0.4 is 0 Å². The van der Waals surface area contributed by atoms with Gasteiger partial charge >= 0.3 is 12.1 Å². The molecule has 0 aliphatic heterocycles. The van der Waals surface area contributed by atoms with E-state index in [1.54, 1.807) is 0 Å². The summed E-state index contributed by atoms with van der Waals surface area (Å²) in [7, 11) is 0. The van der Waals surface area contributed by atoms with Gasteiger partial charge in [-0.1, -0.05) is 6.92 Å². The highest BCUT2D eigenvalue weighted by molar-refractivity contribution is 5.67. The molecule has 0 spiro atoms. The van der Waals surface area contributed by atoms with Crippen LogP contribution in [-0.4, -0.2) is 20.9 Å². The second-order valence-electron chi connectivity index (χ2n) is 5.42. The third kappa shape index (κ3) is 1.46. The maximum Gasteiger partial charge on any atom is 0.435 e. The molecule has 0 saturated heterocycles. The van der Waals surface area contributed by atoms with Gasteiger partial charge in [0.15, 0.2) is 5.69 Å². The molecule has 2 aliphatic rings. The van der Waals surface area contributed by atoms with Crippen LogP contribution in [-0.2, 0) is 28.9 Å². The molecular weight excluding hydrogens is 287 g/mol. The summed E-state index contributed by atoms with van der Waals surface area (Å²) in [6.45, 7) is 0.316. The van der Waals surface area contributed by atoms with Crippen LogP contribution in [0.15, 0.2) is 0 Å². The van der Waals surface area contributed by atoms with E-state index >= 15 is 0 Å². The summed E-state index contributed by atoms with van der Waals surface area (Å²) in [5, 5.41) is 11.7. The Morgan fingerprint density at radius 3 is 2.60 bits per heavy atom. The van der Waals surface area contributed by atoms with E-state index in [4.69, 9.17) is 5.11 Å². The monoisotopic (exact) mass is 296 g/mol. The lowest BCUT2D eigenvalue weighted by Gasteiger charge is -2.14. The fourth-order valence-corrected chi connectivity index (χ4v) is 3.12. The zero-order valence-electron chi connectivity index (χ0n) is 10.1. The first-order chi connectivity index (χ1) is 8.99. The molecule has 1 fully saturated rings. The lowest BCUT2D eigenvalue weighted by Crippen LogP contribution is -2.23. The van der Waals surface area contributed by atoms with Gasteiger partial charge in [0, 0.05) is 16.9 Å². The number of fused-ring (bicyclic) bond motifs is 3. The molecule has 0 radical (unpaired) electrons. The van der Waals surface area contributed by atoms with Crippen LogP contribution in [0.1, 0.15) is 30.3 Å². The maximum atomic E-state index is 14.1. The number of rotatable bonds is 2. The number of aromatic nitrogens is 2. The highest BCUT2D eigenvalue weighted by Crippen LogP contribution is 2.72. The Bertz CT molecular complexity index is 621. The molecule has 1 heterocycles. The van der Waals surface area contributed by atoms with Gasteiger partial charge in [-0.2, -0.15) is 27.1 Å². The van der Waals surface area contributed by atoms with Crippen molar-refractivity contribution in [1.82, 2.24) is 9.78 Å². The Hall–Kier alpha value is -1.67. The van der Waals surface area contributed by atoms with Crippen LogP contribution in [0.3, 0.4) is 0 Å². The number of carbonyl (C=O) groups is 1. The van der Waals surface area contributed by atoms with E-state index in [9.17, 15) is 26.7 Å². The number of carboxylic acid groups (broad SMARTS) is 1. The summed E-state index contributed by atoms with van der Waals surface area (Å²) < 4.78 is 67.3. The molecule has 2 aliphatic carbocycles. The average Bonchev–Trinajstić information content (AvgIpc) is 2.73. The van der Waals surface area contributed by atoms with Crippen LogP contribution in [0.4, 0.5) is 22.0 Å². The van der Waals surface area contributed by atoms with Crippen molar-refractivity contribution in [3.8, 4) is 0 Å². The van der Waals surface area contributed by atoms with E-state index in [0.717, 1.165) is 0 Å². The Kier molecular flexibility index (Phi) is 2.21. The summed E-state index contributed by atoms with van der Waals surface area (Å²) >= 11 is 0. The van der Waals surface area contributed by atoms with Crippen molar-refractivity contribution in [3.05, 3.63) is 17.0 Å². The van der Waals surface area contributed by atoms with Crippen LogP contribution in [0, 0.1) is 5.92 Å². The highest BCUT2D eigenvalue weighted by atomic mass is 19.4. The third-order valence-electron chi connectivity index (χ3n) is 4.07. The predicted molar refractivity (Wildman–Crippen MR) is 54.2 cm³/mol. The number of nitrogens with zero attached hydrogens (tertiary/aromatic N) is 2. The largest absolute Gasteiger partial charge is 0.480 e. The Balaban J connectivity index is 2.26. The normalized spacial score (nSPS) is 30.0. The number of alkyl halides is 5. The molecule has 9 heteroatoms. The van der Waals surface area contributed by atoms with Gasteiger partial charge in [-0.15, -0.1) is 0 Å². The minimum atomic E-state index is -4.88. The van der Waals surface area contributed by atoms with Crippen LogP contribution >= 0.6 is 0 Å². The molecule has 0 amide bonds. The van der Waals surface area contributed by atoms with Crippen LogP contribution in [0.25, 0.3) is 0 Å². The van der Waals surface area contributed by atoms with Crippen molar-refractivity contribution in [1.29, 1.82) is 0 Å². The van der Waals surface area contributed by atoms with Gasteiger partial charge in [0.05, 0.1) is 0 Å². The summed E-state index contributed by atoms with van der Waals surface area (Å²) in [6, 6.07) is 0. The predicted octanol–water partition coefficient (Wildman–Crippen LogP) is 2.37. The third-order valence-corrected chi connectivity index (χ3v) is 4.07. The van der Waals surface area contributed by atoms with Gasteiger partial charge in [0.1, 0.15) is 12.2 Å². The van der Waals surface area contributed by atoms with Crippen molar-refractivity contribution in [3.63, 3.8) is 0 Å². The molecule has 1 aromatic heterocycles. The Morgan fingerprint density at radius 1 is 1.50 bits per heavy atom. The standard InChI is InChI=1S/C11H9F5N2O2/c1-9-2-4(9)10(12,13)8-6(9)7(11(14,15)16)17-18(8)3-5(19)20/h4H,2-3H2,1H3,(H,19,20)/t4-,9+/m0/s1. The molecular formula is C11H9F5N2O2. The molecule has 0 aromatic carbocycles. The topological polar surface area (TPSA) is 55.1 Å². The molecule has 1 N–H and O–H groups in total. The second-order valence-corrected chi connectivity index (χ2v) is 5.42. The highest BCUT2D eigenvalue weighted by Gasteiger charge is 2.75. The summed E-state index contributed by atoms with van der Waals surface area (Å²) in [5.74, 6) is -6.20. The van der Waals surface area contributed by atoms with Crippen molar-refractivity contribution in [2.75, 3.05) is 0 Å². The number of halogens is 5. The van der Waals surface area contributed by atoms with E-state index in [0.29, 0.717) is 0 Å². The van der Waals surface area contributed by atoms with Gasteiger partial charge in [-0.25, -0.2) is 0 Å². The van der Waals surface area contributed by atoms with Crippen molar-refractivity contribution < 1.29 is 31.9 Å². The Labute approximate surface area is 109 Å². The van der Waals surface area contributed by atoms with Gasteiger partial charge in [0.2, 0.25) is 0 Å². The molecule has 1 aromatic rings. The molecule has 4 nitrogen and oxygen atoms in total. The number of hydrogen-bond donors (Lipinski definition) is 1. The number of aliphatic carboxylic acids is 1. The van der Waals surface area contributed by atoms with E-state index in [1.807, 2.05) is 0 Å². The zero-order chi connectivity index (χ0) is 15.1. The van der Waals surface area contributed by atoms with E-state index < -0.39 is 52.9 Å². The zero-order valence-corrected chi connectivity index (χ0v) is 10.1. The number of carboxylic acids is 1. The first-order valence-electron chi connectivity index (χ1n) is 5.78. The van der Waals surface area contributed by atoms with E-state index in [2.05, 4.69) is 5.10 Å². The van der Waals surface area contributed by atoms with Gasteiger partial charge in [-0.3, -0.25) is 9.48 Å². The molecule has 110 valence electrons. The van der Waals surface area contributed by atoms with Crippen molar-refractivity contribution >= 4 is 5.97 Å². The maximum absolute atomic E-state index is 14.1. The van der Waals surface area contributed by atoms with E-state index in [1.165, 1.54) is 6.92 Å². The average molecular weight is 296 g/mol. The minimum absolute atomic E-state index is 0.0468. The van der Waals surface area contributed by atoms with Crippen LogP contribution in [0.2, 0.25) is 0 Å². The molecule has 20 heavy (non-hydrogen) atoms. The van der Waals surface area contributed by atoms with Gasteiger partial charge in [-0.05, 0) is 6.42 Å². The first-order valence-corrected chi connectivity index (χ1v) is 5.78. The minimum Gasteiger partial charge on any atom is -0.480 e. The summed E-state index contributed by atoms with van der Waals surface area (Å²) in [5.41, 5.74) is -4.09. The molecule has 3 rings (SSSR count). The van der Waals surface area contributed by atoms with E-state index in [-0.39, 0.29) is 11.1 Å². The van der Waals surface area contributed by atoms with Crippen molar-refractivity contribution in [2.45, 2.75) is 37.4 Å². The Morgan fingerprint density at radius 2 is 2.10 bits per heavy atom. The lowest BCUT2D eigenvalue weighted by atomic mass is 9.99. The second kappa shape index (κ2) is 3.32. The number of hydrogen-bond acceptors (Lipinski definition) is 2. The van der Waals surface area contributed by atoms with Crippen LogP contribution in [0.5, 0.6) is 0 Å². The quantitative estimate of drug-likeness (QED) is 0.852. The molecule has 2 atom stereocenters. The first kappa shape index (κ1) is 13.3. The lowest BCUT2D eigenvalue weighted by molar-refractivity contribution is -0.144. The fraction of sp³-hybridized carbons (Fsp3) is 0.636. The summed E-state index contributed by atoms with van der Waals surface area (Å²) in [4.78, 5) is 10.6. The SMILES string of the molecule is C[C@@]12C[C@@H]1C(F)(F)c1c2c(C(F)(F)F)nn1CC(=O)O. The van der Waals surface area contributed by atoms with Crippen molar-refractivity contribution in [2.24, 2.45) is 5.92 Å². The molecule has 0 unspecified atom stereocenters. The van der Waals surface area contributed by atoms with Gasteiger partial charge in [0.25, 0.3) is 5.92 Å². The van der Waals surface area contributed by atoms with Gasteiger partial charge < -0.3 is 5.11 Å². The summed E-state index contributed by atoms with van der Waals surface area (Å²) in [6.07, 6.45) is -4.93. The molecule has 0 bridgehead atoms. The fourth-order valence-electron chi connectivity index (χ4n) is 3.12. The smallest absolute Gasteiger partial charge is 0.435 e.